The van der Waals surface area contributed by atoms with Crippen LogP contribution in [-0.2, 0) is 5.75 Å². The zero-order chi connectivity index (χ0) is 17.2. The maximum Gasteiger partial charge on any atom is 0.254 e. The van der Waals surface area contributed by atoms with Gasteiger partial charge in [0.15, 0.2) is 5.16 Å². The Kier molecular flexibility index (Phi) is 4.46. The number of H-pyrrole nitrogens is 1. The third kappa shape index (κ3) is 3.41. The largest absolute Gasteiger partial charge is 0.337 e. The fourth-order valence-electron chi connectivity index (χ4n) is 3.14. The van der Waals surface area contributed by atoms with E-state index >= 15 is 0 Å². The Morgan fingerprint density at radius 2 is 2.04 bits per heavy atom. The second-order valence-electron chi connectivity index (χ2n) is 6.30. The number of hydrogen-bond donors (Lipinski definition) is 2. The number of fused-ring (bicyclic) bond motifs is 1. The molecule has 1 atom stereocenters. The van der Waals surface area contributed by atoms with E-state index in [1.807, 2.05) is 53.4 Å². The van der Waals surface area contributed by atoms with Crippen molar-refractivity contribution in [3.05, 3.63) is 59.7 Å². The van der Waals surface area contributed by atoms with Crippen molar-refractivity contribution < 1.29 is 4.79 Å². The Bertz CT molecular complexity index is 874. The number of likely N-dealkylation sites (tertiary alicyclic amines) is 1. The SMILES string of the molecule is N[C@@H]1CCN(C(=O)c2ccccc2CSc2nc3ccccc3[nH]2)C1. The van der Waals surface area contributed by atoms with Gasteiger partial charge in [-0.3, -0.25) is 4.79 Å². The molecule has 0 unspecified atom stereocenters. The number of nitrogens with one attached hydrogen (secondary N) is 1. The topological polar surface area (TPSA) is 75.0 Å². The summed E-state index contributed by atoms with van der Waals surface area (Å²) in [6.45, 7) is 1.38. The van der Waals surface area contributed by atoms with Gasteiger partial charge in [0.1, 0.15) is 0 Å². The van der Waals surface area contributed by atoms with Crippen molar-refractivity contribution in [3.8, 4) is 0 Å². The van der Waals surface area contributed by atoms with Gasteiger partial charge in [0.25, 0.3) is 5.91 Å². The van der Waals surface area contributed by atoms with Crippen molar-refractivity contribution >= 4 is 28.7 Å². The van der Waals surface area contributed by atoms with E-state index in [9.17, 15) is 4.79 Å². The molecule has 25 heavy (non-hydrogen) atoms. The van der Waals surface area contributed by atoms with Crippen LogP contribution in [-0.4, -0.2) is 39.9 Å². The Morgan fingerprint density at radius 1 is 1.24 bits per heavy atom. The summed E-state index contributed by atoms with van der Waals surface area (Å²) in [5.41, 5.74) is 9.72. The fourth-order valence-corrected chi connectivity index (χ4v) is 4.03. The van der Waals surface area contributed by atoms with E-state index in [1.54, 1.807) is 11.8 Å². The lowest BCUT2D eigenvalue weighted by atomic mass is 10.1. The van der Waals surface area contributed by atoms with Gasteiger partial charge in [0.05, 0.1) is 11.0 Å². The van der Waals surface area contributed by atoms with Crippen LogP contribution in [0.3, 0.4) is 0 Å². The minimum Gasteiger partial charge on any atom is -0.337 e. The van der Waals surface area contributed by atoms with Gasteiger partial charge in [-0.2, -0.15) is 0 Å². The third-order valence-corrected chi connectivity index (χ3v) is 5.41. The van der Waals surface area contributed by atoms with E-state index in [4.69, 9.17) is 5.73 Å². The van der Waals surface area contributed by atoms with Crippen LogP contribution < -0.4 is 5.73 Å². The average Bonchev–Trinajstić information content (AvgIpc) is 3.25. The van der Waals surface area contributed by atoms with Gasteiger partial charge in [0, 0.05) is 30.4 Å². The highest BCUT2D eigenvalue weighted by Gasteiger charge is 2.25. The number of carbonyl (C=O) groups is 1. The molecule has 128 valence electrons. The van der Waals surface area contributed by atoms with Gasteiger partial charge >= 0.3 is 0 Å². The molecule has 1 aromatic heterocycles. The number of benzene rings is 2. The van der Waals surface area contributed by atoms with E-state index in [0.717, 1.165) is 40.3 Å². The summed E-state index contributed by atoms with van der Waals surface area (Å²) in [7, 11) is 0. The van der Waals surface area contributed by atoms with Gasteiger partial charge < -0.3 is 15.6 Å². The zero-order valence-electron chi connectivity index (χ0n) is 13.8. The molecule has 2 aromatic carbocycles. The number of para-hydroxylation sites is 2. The van der Waals surface area contributed by atoms with Crippen LogP contribution in [0.15, 0.2) is 53.7 Å². The second-order valence-corrected chi connectivity index (χ2v) is 7.27. The maximum atomic E-state index is 12.8. The quantitative estimate of drug-likeness (QED) is 0.708. The first kappa shape index (κ1) is 16.2. The normalized spacial score (nSPS) is 17.3. The summed E-state index contributed by atoms with van der Waals surface area (Å²) in [4.78, 5) is 22.6. The summed E-state index contributed by atoms with van der Waals surface area (Å²) < 4.78 is 0. The number of nitrogens with two attached hydrogens (primary N) is 1. The highest BCUT2D eigenvalue weighted by atomic mass is 32.2. The smallest absolute Gasteiger partial charge is 0.254 e. The van der Waals surface area contributed by atoms with E-state index < -0.39 is 0 Å². The molecule has 3 aromatic rings. The van der Waals surface area contributed by atoms with E-state index in [-0.39, 0.29) is 11.9 Å². The van der Waals surface area contributed by atoms with Crippen LogP contribution in [0.5, 0.6) is 0 Å². The summed E-state index contributed by atoms with van der Waals surface area (Å²) in [5, 5.41) is 0.867. The number of carbonyl (C=O) groups excluding carboxylic acids is 1. The van der Waals surface area contributed by atoms with Crippen LogP contribution in [0.4, 0.5) is 0 Å². The molecular weight excluding hydrogens is 332 g/mol. The lowest BCUT2D eigenvalue weighted by Crippen LogP contribution is -2.32. The first-order valence-corrected chi connectivity index (χ1v) is 9.39. The Balaban J connectivity index is 1.51. The van der Waals surface area contributed by atoms with Crippen LogP contribution in [0.25, 0.3) is 11.0 Å². The molecular formula is C19H20N4OS. The molecule has 1 amide bonds. The number of thioether (sulfide) groups is 1. The molecule has 0 radical (unpaired) electrons. The predicted molar refractivity (Wildman–Crippen MR) is 101 cm³/mol. The highest BCUT2D eigenvalue weighted by molar-refractivity contribution is 7.98. The zero-order valence-corrected chi connectivity index (χ0v) is 14.6. The number of amides is 1. The lowest BCUT2D eigenvalue weighted by Gasteiger charge is -2.17. The molecule has 0 aliphatic carbocycles. The monoisotopic (exact) mass is 352 g/mol. The van der Waals surface area contributed by atoms with Crippen molar-refractivity contribution in [2.45, 2.75) is 23.4 Å². The van der Waals surface area contributed by atoms with Gasteiger partial charge in [-0.05, 0) is 30.2 Å². The van der Waals surface area contributed by atoms with Crippen LogP contribution in [0.1, 0.15) is 22.3 Å². The standard InChI is InChI=1S/C19H20N4OS/c20-14-9-10-23(11-14)18(24)15-6-2-1-5-13(15)12-25-19-21-16-7-3-4-8-17(16)22-19/h1-8,14H,9-12,20H2,(H,21,22)/t14-/m1/s1. The molecule has 1 aliphatic rings. The number of rotatable bonds is 4. The number of aromatic nitrogens is 2. The van der Waals surface area contributed by atoms with E-state index in [0.29, 0.717) is 12.3 Å². The van der Waals surface area contributed by atoms with Crippen molar-refractivity contribution in [1.82, 2.24) is 14.9 Å². The Labute approximate surface area is 150 Å². The van der Waals surface area contributed by atoms with Gasteiger partial charge in [-0.15, -0.1) is 0 Å². The second kappa shape index (κ2) is 6.90. The van der Waals surface area contributed by atoms with Crippen LogP contribution >= 0.6 is 11.8 Å². The lowest BCUT2D eigenvalue weighted by molar-refractivity contribution is 0.0790. The van der Waals surface area contributed by atoms with Crippen molar-refractivity contribution in [3.63, 3.8) is 0 Å². The predicted octanol–water partition coefficient (Wildman–Crippen LogP) is 3.03. The summed E-state index contributed by atoms with van der Waals surface area (Å²) >= 11 is 1.61. The molecule has 0 bridgehead atoms. The molecule has 0 spiro atoms. The number of hydrogen-bond acceptors (Lipinski definition) is 4. The molecule has 2 heterocycles. The molecule has 0 saturated carbocycles. The van der Waals surface area contributed by atoms with E-state index in [2.05, 4.69) is 9.97 Å². The van der Waals surface area contributed by atoms with Crippen molar-refractivity contribution in [2.24, 2.45) is 5.73 Å². The van der Waals surface area contributed by atoms with Gasteiger partial charge in [0.2, 0.25) is 0 Å². The minimum atomic E-state index is 0.0776. The molecule has 1 fully saturated rings. The fraction of sp³-hybridized carbons (Fsp3) is 0.263. The molecule has 5 nitrogen and oxygen atoms in total. The first-order valence-electron chi connectivity index (χ1n) is 8.41. The third-order valence-electron chi connectivity index (χ3n) is 4.49. The summed E-state index contributed by atoms with van der Waals surface area (Å²) in [5.74, 6) is 0.774. The molecule has 4 rings (SSSR count). The molecule has 1 aliphatic heterocycles. The Morgan fingerprint density at radius 3 is 2.84 bits per heavy atom. The molecule has 1 saturated heterocycles. The maximum absolute atomic E-state index is 12.8. The van der Waals surface area contributed by atoms with Gasteiger partial charge in [-0.1, -0.05) is 42.1 Å². The van der Waals surface area contributed by atoms with Crippen LogP contribution in [0, 0.1) is 0 Å². The number of aromatic amines is 1. The molecule has 3 N–H and O–H groups in total. The van der Waals surface area contributed by atoms with Crippen molar-refractivity contribution in [2.75, 3.05) is 13.1 Å². The first-order chi connectivity index (χ1) is 12.2. The number of imidazole rings is 1. The van der Waals surface area contributed by atoms with Gasteiger partial charge in [-0.25, -0.2) is 4.98 Å². The summed E-state index contributed by atoms with van der Waals surface area (Å²) in [6.07, 6.45) is 0.877. The van der Waals surface area contributed by atoms with E-state index in [1.165, 1.54) is 0 Å². The Hall–Kier alpha value is -2.31. The van der Waals surface area contributed by atoms with Crippen molar-refractivity contribution in [1.29, 1.82) is 0 Å². The highest BCUT2D eigenvalue weighted by Crippen LogP contribution is 2.25. The minimum absolute atomic E-state index is 0.0776. The average molecular weight is 352 g/mol. The number of nitrogens with zero attached hydrogens (tertiary/aromatic N) is 2. The van der Waals surface area contributed by atoms with Crippen LogP contribution in [0.2, 0.25) is 0 Å². The summed E-state index contributed by atoms with van der Waals surface area (Å²) in [6, 6.07) is 15.9. The molecule has 6 heteroatoms.